The molecule has 19 heavy (non-hydrogen) atoms. The molecular formula is C14H24N2O3. The zero-order valence-electron chi connectivity index (χ0n) is 11.6. The lowest BCUT2D eigenvalue weighted by Gasteiger charge is -2.33. The van der Waals surface area contributed by atoms with Gasteiger partial charge in [-0.05, 0) is 25.2 Å². The maximum atomic E-state index is 12.1. The molecule has 2 amide bonds. The average Bonchev–Trinajstić information content (AvgIpc) is 2.46. The highest BCUT2D eigenvalue weighted by Crippen LogP contribution is 2.17. The van der Waals surface area contributed by atoms with E-state index in [1.165, 1.54) is 6.42 Å². The number of morpholine rings is 1. The Morgan fingerprint density at radius 3 is 3.16 bits per heavy atom. The van der Waals surface area contributed by atoms with Gasteiger partial charge < -0.3 is 19.7 Å². The quantitative estimate of drug-likeness (QED) is 0.784. The molecule has 1 aliphatic carbocycles. The molecule has 1 saturated heterocycles. The molecule has 0 saturated carbocycles. The van der Waals surface area contributed by atoms with E-state index in [1.807, 2.05) is 4.90 Å². The van der Waals surface area contributed by atoms with Gasteiger partial charge in [-0.2, -0.15) is 0 Å². The summed E-state index contributed by atoms with van der Waals surface area (Å²) in [5, 5.41) is 3.04. The van der Waals surface area contributed by atoms with Crippen molar-refractivity contribution in [2.24, 2.45) is 5.92 Å². The topological polar surface area (TPSA) is 50.8 Å². The second-order valence-corrected chi connectivity index (χ2v) is 5.23. The summed E-state index contributed by atoms with van der Waals surface area (Å²) in [7, 11) is 1.65. The van der Waals surface area contributed by atoms with Gasteiger partial charge in [-0.1, -0.05) is 12.2 Å². The van der Waals surface area contributed by atoms with E-state index in [9.17, 15) is 4.79 Å². The largest absolute Gasteiger partial charge is 0.382 e. The number of urea groups is 1. The van der Waals surface area contributed by atoms with E-state index in [0.717, 1.165) is 19.4 Å². The van der Waals surface area contributed by atoms with E-state index in [1.54, 1.807) is 7.11 Å². The van der Waals surface area contributed by atoms with Gasteiger partial charge in [-0.3, -0.25) is 0 Å². The maximum absolute atomic E-state index is 12.1. The van der Waals surface area contributed by atoms with Crippen LogP contribution in [0, 0.1) is 5.92 Å². The van der Waals surface area contributed by atoms with Crippen LogP contribution in [0.25, 0.3) is 0 Å². The van der Waals surface area contributed by atoms with Gasteiger partial charge in [0.15, 0.2) is 0 Å². The Balaban J connectivity index is 1.71. The summed E-state index contributed by atoms with van der Waals surface area (Å²) in [5.41, 5.74) is 0. The van der Waals surface area contributed by atoms with Crippen LogP contribution in [-0.2, 0) is 9.47 Å². The van der Waals surface area contributed by atoms with E-state index in [2.05, 4.69) is 17.5 Å². The third kappa shape index (κ3) is 4.51. The molecule has 1 aliphatic heterocycles. The number of ether oxygens (including phenoxy) is 2. The van der Waals surface area contributed by atoms with Crippen molar-refractivity contribution >= 4 is 6.03 Å². The number of hydrogen-bond donors (Lipinski definition) is 1. The lowest BCUT2D eigenvalue weighted by Crippen LogP contribution is -2.51. The van der Waals surface area contributed by atoms with E-state index < -0.39 is 0 Å². The number of carbonyl (C=O) groups excluding carboxylic acids is 1. The lowest BCUT2D eigenvalue weighted by molar-refractivity contribution is -0.0494. The minimum Gasteiger partial charge on any atom is -0.382 e. The molecule has 2 rings (SSSR count). The summed E-state index contributed by atoms with van der Waals surface area (Å²) < 4.78 is 10.6. The molecule has 0 aromatic heterocycles. The first-order chi connectivity index (χ1) is 9.29. The number of nitrogens with one attached hydrogen (secondary N) is 1. The number of methoxy groups -OCH3 is 1. The number of rotatable bonds is 4. The summed E-state index contributed by atoms with van der Waals surface area (Å²) >= 11 is 0. The number of allylic oxidation sites excluding steroid dienone is 2. The van der Waals surface area contributed by atoms with Crippen LogP contribution in [0.1, 0.15) is 19.3 Å². The summed E-state index contributed by atoms with van der Waals surface area (Å²) in [4.78, 5) is 13.9. The van der Waals surface area contributed by atoms with Gasteiger partial charge in [0.1, 0.15) is 0 Å². The molecule has 0 spiro atoms. The number of nitrogens with zero attached hydrogens (tertiary/aromatic N) is 1. The van der Waals surface area contributed by atoms with Crippen molar-refractivity contribution in [3.05, 3.63) is 12.2 Å². The predicted octanol–water partition coefficient (Wildman–Crippen LogP) is 1.40. The second-order valence-electron chi connectivity index (χ2n) is 5.23. The van der Waals surface area contributed by atoms with Crippen LogP contribution in [0.15, 0.2) is 12.2 Å². The Hall–Kier alpha value is -1.07. The van der Waals surface area contributed by atoms with Crippen molar-refractivity contribution in [1.29, 1.82) is 0 Å². The van der Waals surface area contributed by atoms with Crippen molar-refractivity contribution in [2.75, 3.05) is 40.0 Å². The Morgan fingerprint density at radius 1 is 1.53 bits per heavy atom. The molecule has 5 nitrogen and oxygen atoms in total. The van der Waals surface area contributed by atoms with Gasteiger partial charge in [-0.25, -0.2) is 4.79 Å². The van der Waals surface area contributed by atoms with Crippen LogP contribution in [0.4, 0.5) is 4.79 Å². The third-order valence-electron chi connectivity index (χ3n) is 3.70. The Morgan fingerprint density at radius 2 is 2.42 bits per heavy atom. The molecule has 1 fully saturated rings. The van der Waals surface area contributed by atoms with Crippen LogP contribution in [0.5, 0.6) is 0 Å². The van der Waals surface area contributed by atoms with Gasteiger partial charge in [0.2, 0.25) is 0 Å². The highest BCUT2D eigenvalue weighted by atomic mass is 16.5. The summed E-state index contributed by atoms with van der Waals surface area (Å²) in [6, 6.07) is 0.0268. The fourth-order valence-electron chi connectivity index (χ4n) is 2.58. The van der Waals surface area contributed by atoms with Gasteiger partial charge in [0.05, 0.1) is 25.9 Å². The normalized spacial score (nSPS) is 27.3. The Bertz CT molecular complexity index is 318. The highest BCUT2D eigenvalue weighted by molar-refractivity contribution is 5.74. The van der Waals surface area contributed by atoms with E-state index in [-0.39, 0.29) is 12.1 Å². The fraction of sp³-hybridized carbons (Fsp3) is 0.786. The van der Waals surface area contributed by atoms with Gasteiger partial charge in [0.25, 0.3) is 0 Å². The maximum Gasteiger partial charge on any atom is 0.317 e. The van der Waals surface area contributed by atoms with Crippen LogP contribution in [-0.4, -0.2) is 57.0 Å². The fourth-order valence-corrected chi connectivity index (χ4v) is 2.58. The lowest BCUT2D eigenvalue weighted by atomic mass is 9.94. The zero-order chi connectivity index (χ0) is 13.5. The summed E-state index contributed by atoms with van der Waals surface area (Å²) in [6.45, 7) is 3.18. The second kappa shape index (κ2) is 7.50. The minimum absolute atomic E-state index is 0.00196. The first-order valence-electron chi connectivity index (χ1n) is 7.08. The molecular weight excluding hydrogens is 244 g/mol. The molecule has 0 aromatic rings. The predicted molar refractivity (Wildman–Crippen MR) is 73.1 cm³/mol. The summed E-state index contributed by atoms with van der Waals surface area (Å²) in [6.07, 6.45) is 7.82. The molecule has 0 bridgehead atoms. The first-order valence-corrected chi connectivity index (χ1v) is 7.08. The molecule has 1 heterocycles. The van der Waals surface area contributed by atoms with Crippen molar-refractivity contribution in [3.8, 4) is 0 Å². The Kier molecular flexibility index (Phi) is 5.66. The Labute approximate surface area is 114 Å². The minimum atomic E-state index is 0.00196. The van der Waals surface area contributed by atoms with Crippen LogP contribution in [0.3, 0.4) is 0 Å². The molecule has 0 unspecified atom stereocenters. The van der Waals surface area contributed by atoms with E-state index in [0.29, 0.717) is 32.2 Å². The smallest absolute Gasteiger partial charge is 0.317 e. The third-order valence-corrected chi connectivity index (χ3v) is 3.70. The molecule has 1 N–H and O–H groups in total. The number of hydrogen-bond acceptors (Lipinski definition) is 3. The zero-order valence-corrected chi connectivity index (χ0v) is 11.6. The van der Waals surface area contributed by atoms with Crippen molar-refractivity contribution in [2.45, 2.75) is 25.4 Å². The van der Waals surface area contributed by atoms with Crippen LogP contribution in [0.2, 0.25) is 0 Å². The summed E-state index contributed by atoms with van der Waals surface area (Å²) in [5.74, 6) is 0.588. The van der Waals surface area contributed by atoms with E-state index in [4.69, 9.17) is 9.47 Å². The monoisotopic (exact) mass is 268 g/mol. The van der Waals surface area contributed by atoms with Crippen molar-refractivity contribution in [3.63, 3.8) is 0 Å². The van der Waals surface area contributed by atoms with Crippen LogP contribution >= 0.6 is 0 Å². The van der Waals surface area contributed by atoms with Gasteiger partial charge in [-0.15, -0.1) is 0 Å². The molecule has 0 radical (unpaired) electrons. The van der Waals surface area contributed by atoms with Gasteiger partial charge >= 0.3 is 6.03 Å². The van der Waals surface area contributed by atoms with Gasteiger partial charge in [0, 0.05) is 20.2 Å². The van der Waals surface area contributed by atoms with Crippen molar-refractivity contribution in [1.82, 2.24) is 10.2 Å². The van der Waals surface area contributed by atoms with E-state index >= 15 is 0 Å². The average molecular weight is 268 g/mol. The van der Waals surface area contributed by atoms with Crippen molar-refractivity contribution < 1.29 is 14.3 Å². The standard InChI is InChI=1S/C14H24N2O3/c1-18-11-13-10-16(7-8-19-13)14(17)15-9-12-5-3-2-4-6-12/h2-3,12-13H,4-11H2,1H3,(H,15,17)/t12-,13+/m0/s1. The highest BCUT2D eigenvalue weighted by Gasteiger charge is 2.24. The molecule has 2 aliphatic rings. The van der Waals surface area contributed by atoms with Crippen LogP contribution < -0.4 is 5.32 Å². The first kappa shape index (κ1) is 14.3. The molecule has 5 heteroatoms. The molecule has 0 aromatic carbocycles. The molecule has 2 atom stereocenters. The number of carbonyl (C=O) groups is 1. The molecule has 108 valence electrons. The SMILES string of the molecule is COC[C@H]1CN(C(=O)NC[C@H]2CC=CCC2)CCO1. The number of amides is 2.